The molecule has 0 radical (unpaired) electrons. The third kappa shape index (κ3) is 5.38. The number of thiocarbonyl (C=S) groups is 1. The minimum absolute atomic E-state index is 0.320. The normalized spacial score (nSPS) is 14.9. The van der Waals surface area contributed by atoms with Crippen LogP contribution in [0.3, 0.4) is 0 Å². The predicted octanol–water partition coefficient (Wildman–Crippen LogP) is 5.01. The number of aromatic nitrogens is 4. The summed E-state index contributed by atoms with van der Waals surface area (Å²) in [7, 11) is 0. The van der Waals surface area contributed by atoms with Gasteiger partial charge in [0.05, 0.1) is 5.69 Å². The van der Waals surface area contributed by atoms with Crippen molar-refractivity contribution in [1.29, 1.82) is 0 Å². The number of fused-ring (bicyclic) bond motifs is 1. The van der Waals surface area contributed by atoms with Crippen molar-refractivity contribution in [3.63, 3.8) is 0 Å². The second-order valence-corrected chi connectivity index (χ2v) is 8.04. The summed E-state index contributed by atoms with van der Waals surface area (Å²) >= 11 is 5.65. The molecule has 1 aliphatic rings. The molecule has 3 aromatic rings. The lowest BCUT2D eigenvalue weighted by Crippen LogP contribution is -2.24. The zero-order valence-corrected chi connectivity index (χ0v) is 18.5. The van der Waals surface area contributed by atoms with E-state index in [0.29, 0.717) is 28.9 Å². The molecule has 2 aromatic carbocycles. The van der Waals surface area contributed by atoms with Crippen LogP contribution in [0, 0.1) is 0 Å². The van der Waals surface area contributed by atoms with Gasteiger partial charge in [0, 0.05) is 5.56 Å². The van der Waals surface area contributed by atoms with Crippen molar-refractivity contribution in [3.05, 3.63) is 59.4 Å². The number of hydrogen-bond donors (Lipinski definition) is 2. The summed E-state index contributed by atoms with van der Waals surface area (Å²) in [6.45, 7) is 2.56. The summed E-state index contributed by atoms with van der Waals surface area (Å²) in [6, 6.07) is 14.2. The van der Waals surface area contributed by atoms with Crippen LogP contribution in [-0.2, 0) is 6.42 Å². The van der Waals surface area contributed by atoms with Crippen molar-refractivity contribution < 1.29 is 9.47 Å². The molecule has 8 heteroatoms. The second-order valence-electron chi connectivity index (χ2n) is 7.64. The van der Waals surface area contributed by atoms with E-state index >= 15 is 0 Å². The smallest absolute Gasteiger partial charge is 0.218 e. The van der Waals surface area contributed by atoms with Gasteiger partial charge in [0.2, 0.25) is 5.82 Å². The molecule has 1 aromatic heterocycles. The molecule has 0 amide bonds. The number of nitrogens with one attached hydrogen (secondary N) is 2. The largest absolute Gasteiger partial charge is 0.485 e. The Morgan fingerprint density at radius 2 is 1.97 bits per heavy atom. The number of aromatic amines is 1. The third-order valence-electron chi connectivity index (χ3n) is 5.31. The zero-order valence-electron chi connectivity index (χ0n) is 17.6. The fourth-order valence-electron chi connectivity index (χ4n) is 3.57. The number of para-hydroxylation sites is 1. The number of hydrogen-bond acceptors (Lipinski definition) is 6. The lowest BCUT2D eigenvalue weighted by atomic mass is 10.0. The highest BCUT2D eigenvalue weighted by atomic mass is 32.1. The quantitative estimate of drug-likeness (QED) is 0.359. The maximum Gasteiger partial charge on any atom is 0.218 e. The number of anilines is 1. The van der Waals surface area contributed by atoms with Crippen LogP contribution in [0.25, 0.3) is 0 Å². The van der Waals surface area contributed by atoms with E-state index in [1.54, 1.807) is 0 Å². The van der Waals surface area contributed by atoms with Gasteiger partial charge in [0.15, 0.2) is 17.6 Å². The molecule has 2 N–H and O–H groups in total. The van der Waals surface area contributed by atoms with E-state index in [4.69, 9.17) is 21.7 Å². The van der Waals surface area contributed by atoms with E-state index in [2.05, 4.69) is 57.1 Å². The van der Waals surface area contributed by atoms with Gasteiger partial charge in [-0.2, -0.15) is 5.21 Å². The molecule has 7 nitrogen and oxygen atoms in total. The van der Waals surface area contributed by atoms with Gasteiger partial charge in [-0.05, 0) is 30.5 Å². The van der Waals surface area contributed by atoms with Crippen LogP contribution in [0.2, 0.25) is 0 Å². The molecule has 0 bridgehead atoms. The van der Waals surface area contributed by atoms with Crippen molar-refractivity contribution in [2.75, 3.05) is 11.9 Å². The zero-order chi connectivity index (χ0) is 21.5. The molecule has 2 heterocycles. The maximum atomic E-state index is 6.10. The van der Waals surface area contributed by atoms with Gasteiger partial charge >= 0.3 is 0 Å². The van der Waals surface area contributed by atoms with Crippen LogP contribution in [0.1, 0.15) is 62.1 Å². The van der Waals surface area contributed by atoms with Crippen LogP contribution >= 0.6 is 12.2 Å². The van der Waals surface area contributed by atoms with E-state index in [1.165, 1.54) is 37.7 Å². The van der Waals surface area contributed by atoms with Crippen molar-refractivity contribution in [3.8, 4) is 11.5 Å². The van der Waals surface area contributed by atoms with Crippen LogP contribution in [0.4, 0.5) is 5.69 Å². The molecular formula is C23H27N5O2S. The lowest BCUT2D eigenvalue weighted by Gasteiger charge is -2.26. The predicted molar refractivity (Wildman–Crippen MR) is 124 cm³/mol. The molecule has 0 aliphatic carbocycles. The molecule has 0 fully saturated rings. The molecule has 31 heavy (non-hydrogen) atoms. The molecule has 0 saturated carbocycles. The minimum Gasteiger partial charge on any atom is -0.485 e. The Hall–Kier alpha value is -3.00. The average molecular weight is 438 g/mol. The number of unbranched alkanes of at least 4 members (excludes halogenated alkanes) is 4. The Balaban J connectivity index is 1.39. The Kier molecular flexibility index (Phi) is 7.09. The average Bonchev–Trinajstić information content (AvgIpc) is 3.34. The fraction of sp³-hybridized carbons (Fsp3) is 0.391. The van der Waals surface area contributed by atoms with Crippen molar-refractivity contribution in [1.82, 2.24) is 20.6 Å². The van der Waals surface area contributed by atoms with E-state index < -0.39 is 6.10 Å². The van der Waals surface area contributed by atoms with E-state index in [9.17, 15) is 0 Å². The summed E-state index contributed by atoms with van der Waals surface area (Å²) < 4.78 is 11.9. The maximum absolute atomic E-state index is 6.10. The van der Waals surface area contributed by atoms with Crippen LogP contribution in [0.5, 0.6) is 11.5 Å². The summed E-state index contributed by atoms with van der Waals surface area (Å²) in [6.07, 6.45) is 7.13. The van der Waals surface area contributed by atoms with Crippen LogP contribution in [0.15, 0.2) is 42.5 Å². The summed E-state index contributed by atoms with van der Waals surface area (Å²) in [5.41, 5.74) is 3.06. The summed E-state index contributed by atoms with van der Waals surface area (Å²) in [5, 5.41) is 17.3. The number of H-pyrrole nitrogens is 1. The molecule has 1 unspecified atom stereocenters. The highest BCUT2D eigenvalue weighted by Crippen LogP contribution is 2.41. The van der Waals surface area contributed by atoms with Crippen molar-refractivity contribution in [2.24, 2.45) is 0 Å². The van der Waals surface area contributed by atoms with Gasteiger partial charge in [0.1, 0.15) is 11.6 Å². The third-order valence-corrected chi connectivity index (χ3v) is 5.65. The molecule has 1 atom stereocenters. The Labute approximate surface area is 187 Å². The van der Waals surface area contributed by atoms with Gasteiger partial charge < -0.3 is 14.8 Å². The molecule has 4 rings (SSSR count). The van der Waals surface area contributed by atoms with Crippen molar-refractivity contribution in [2.45, 2.75) is 51.6 Å². The van der Waals surface area contributed by atoms with Gasteiger partial charge in [-0.3, -0.25) is 0 Å². The van der Waals surface area contributed by atoms with E-state index in [0.717, 1.165) is 17.7 Å². The molecule has 1 aliphatic heterocycles. The lowest BCUT2D eigenvalue weighted by molar-refractivity contribution is 0.0861. The first-order chi connectivity index (χ1) is 15.2. The van der Waals surface area contributed by atoms with Gasteiger partial charge in [-0.15, -0.1) is 10.2 Å². The molecule has 0 spiro atoms. The van der Waals surface area contributed by atoms with Crippen LogP contribution in [-0.4, -0.2) is 32.2 Å². The first-order valence-electron chi connectivity index (χ1n) is 10.8. The second kappa shape index (κ2) is 10.3. The van der Waals surface area contributed by atoms with Gasteiger partial charge in [-0.25, -0.2) is 0 Å². The molecule has 162 valence electrons. The van der Waals surface area contributed by atoms with Gasteiger partial charge in [0.25, 0.3) is 0 Å². The van der Waals surface area contributed by atoms with E-state index in [-0.39, 0.29) is 0 Å². The number of ether oxygens (including phenoxy) is 2. The monoisotopic (exact) mass is 437 g/mol. The highest BCUT2D eigenvalue weighted by molar-refractivity contribution is 7.81. The Morgan fingerprint density at radius 3 is 2.74 bits per heavy atom. The van der Waals surface area contributed by atoms with Gasteiger partial charge in [-0.1, -0.05) is 80.4 Å². The number of nitrogens with zero attached hydrogens (tertiary/aromatic N) is 3. The Bertz CT molecular complexity index is 992. The first-order valence-corrected chi connectivity index (χ1v) is 11.2. The summed E-state index contributed by atoms with van der Waals surface area (Å²) in [5.74, 6) is 1.70. The highest BCUT2D eigenvalue weighted by Gasteiger charge is 2.28. The number of rotatable bonds is 9. The number of aryl methyl sites for hydroxylation is 1. The molecule has 0 saturated heterocycles. The van der Waals surface area contributed by atoms with Crippen LogP contribution < -0.4 is 14.8 Å². The van der Waals surface area contributed by atoms with E-state index in [1.807, 2.05) is 18.2 Å². The van der Waals surface area contributed by atoms with Crippen molar-refractivity contribution >= 4 is 22.9 Å². The first kappa shape index (κ1) is 21.2. The number of benzene rings is 2. The SMILES string of the molecule is CCCCCCCc1ccc(C(=S)Nc2cccc3c2OC(c2nn[nH]n2)CO3)cc1. The Morgan fingerprint density at radius 1 is 1.13 bits per heavy atom. The summed E-state index contributed by atoms with van der Waals surface area (Å²) in [4.78, 5) is 0.633. The molecular weight excluding hydrogens is 410 g/mol. The number of tetrazole rings is 1. The fourth-order valence-corrected chi connectivity index (χ4v) is 3.82. The standard InChI is InChI=1S/C23H27N5O2S/c1-2-3-4-5-6-8-16-11-13-17(14-12-16)23(31)24-18-9-7-10-19-21(18)30-20(15-29-19)22-25-27-28-26-22/h7,9-14,20H,2-6,8,15H2,1H3,(H,24,31)(H,25,26,27,28). The topological polar surface area (TPSA) is 85.0 Å². The minimum atomic E-state index is -0.431.